The summed E-state index contributed by atoms with van der Waals surface area (Å²) in [6, 6.07) is 0. The molecule has 0 saturated heterocycles. The fourth-order valence-electron chi connectivity index (χ4n) is 0.235. The molecule has 0 aliphatic carbocycles. The normalized spacial score (nSPS) is 8.62. The summed E-state index contributed by atoms with van der Waals surface area (Å²) in [5.74, 6) is -0.660. The van der Waals surface area contributed by atoms with Gasteiger partial charge in [0.2, 0.25) is 0 Å². The lowest BCUT2D eigenvalue weighted by Gasteiger charge is -1.87. The van der Waals surface area contributed by atoms with E-state index in [1.54, 1.807) is 0 Å². The molecule has 0 spiro atoms. The van der Waals surface area contributed by atoms with Gasteiger partial charge in [-0.05, 0) is 0 Å². The number of rotatable bonds is 3. The smallest absolute Gasteiger partial charge is 0.288 e. The minimum Gasteiger partial charge on any atom is -0.384 e. The van der Waals surface area contributed by atoms with Crippen LogP contribution in [0.15, 0.2) is 5.18 Å². The standard InChI is InChI=1S/C4H7NO3/c1-8-3-2-4(6)5-7/h2-3H2,1H3. The maximum atomic E-state index is 10.0. The molecule has 0 rings (SSSR count). The molecule has 0 bridgehead atoms. The third-order valence-electron chi connectivity index (χ3n) is 0.622. The van der Waals surface area contributed by atoms with E-state index in [2.05, 4.69) is 9.91 Å². The Morgan fingerprint density at radius 1 is 1.75 bits per heavy atom. The molecule has 0 aliphatic heterocycles. The van der Waals surface area contributed by atoms with Gasteiger partial charge in [0.05, 0.1) is 13.0 Å². The van der Waals surface area contributed by atoms with Gasteiger partial charge in [0, 0.05) is 12.3 Å². The fourth-order valence-corrected chi connectivity index (χ4v) is 0.235. The second-order valence-electron chi connectivity index (χ2n) is 1.23. The SMILES string of the molecule is COCCC(=O)N=O. The van der Waals surface area contributed by atoms with Crippen LogP contribution in [0.2, 0.25) is 0 Å². The number of nitroso groups, excluding NO2 is 1. The van der Waals surface area contributed by atoms with Gasteiger partial charge in [-0.25, -0.2) is 0 Å². The molecule has 0 atom stereocenters. The van der Waals surface area contributed by atoms with Crippen LogP contribution in [0.4, 0.5) is 0 Å². The molecule has 0 radical (unpaired) electrons. The number of methoxy groups -OCH3 is 1. The van der Waals surface area contributed by atoms with Crippen molar-refractivity contribution in [2.24, 2.45) is 5.18 Å². The summed E-state index contributed by atoms with van der Waals surface area (Å²) in [5, 5.41) is 2.16. The van der Waals surface area contributed by atoms with Gasteiger partial charge in [0.25, 0.3) is 5.91 Å². The van der Waals surface area contributed by atoms with E-state index < -0.39 is 5.91 Å². The first-order valence-corrected chi connectivity index (χ1v) is 2.16. The number of amides is 1. The summed E-state index contributed by atoms with van der Waals surface area (Å²) >= 11 is 0. The number of carbonyl (C=O) groups is 1. The Bertz CT molecular complexity index is 91.3. The van der Waals surface area contributed by atoms with Crippen molar-refractivity contribution in [2.45, 2.75) is 6.42 Å². The number of ether oxygens (including phenoxy) is 1. The Morgan fingerprint density at radius 2 is 2.38 bits per heavy atom. The van der Waals surface area contributed by atoms with Crippen molar-refractivity contribution in [1.29, 1.82) is 0 Å². The molecule has 0 aromatic heterocycles. The molecular weight excluding hydrogens is 110 g/mol. The summed E-state index contributed by atoms with van der Waals surface area (Å²) < 4.78 is 4.49. The second-order valence-corrected chi connectivity index (χ2v) is 1.23. The molecule has 0 heterocycles. The summed E-state index contributed by atoms with van der Waals surface area (Å²) in [4.78, 5) is 19.4. The molecule has 0 saturated carbocycles. The zero-order valence-electron chi connectivity index (χ0n) is 4.59. The lowest BCUT2D eigenvalue weighted by molar-refractivity contribution is -0.118. The Hall–Kier alpha value is -0.770. The predicted molar refractivity (Wildman–Crippen MR) is 27.3 cm³/mol. The van der Waals surface area contributed by atoms with Crippen LogP contribution in [0.3, 0.4) is 0 Å². The lowest BCUT2D eigenvalue weighted by atomic mass is 10.4. The highest BCUT2D eigenvalue weighted by Gasteiger charge is 1.96. The average Bonchev–Trinajstić information content (AvgIpc) is 1.83. The molecular formula is C4H7NO3. The molecule has 1 amide bonds. The Kier molecular flexibility index (Phi) is 3.97. The van der Waals surface area contributed by atoms with Gasteiger partial charge in [-0.3, -0.25) is 4.79 Å². The van der Waals surface area contributed by atoms with E-state index in [0.717, 1.165) is 0 Å². The average molecular weight is 117 g/mol. The van der Waals surface area contributed by atoms with E-state index in [0.29, 0.717) is 0 Å². The molecule has 0 aromatic carbocycles. The van der Waals surface area contributed by atoms with E-state index in [1.165, 1.54) is 7.11 Å². The van der Waals surface area contributed by atoms with Gasteiger partial charge in [0.15, 0.2) is 0 Å². The lowest BCUT2D eigenvalue weighted by Crippen LogP contribution is -1.97. The topological polar surface area (TPSA) is 55.7 Å². The van der Waals surface area contributed by atoms with Gasteiger partial charge in [-0.2, -0.15) is 0 Å². The number of nitrogens with zero attached hydrogens (tertiary/aromatic N) is 1. The fraction of sp³-hybridized carbons (Fsp3) is 0.750. The molecule has 46 valence electrons. The minimum atomic E-state index is -0.660. The van der Waals surface area contributed by atoms with Crippen LogP contribution in [0.5, 0.6) is 0 Å². The zero-order valence-corrected chi connectivity index (χ0v) is 4.59. The molecule has 0 aliphatic rings. The van der Waals surface area contributed by atoms with Gasteiger partial charge in [-0.15, -0.1) is 4.91 Å². The first kappa shape index (κ1) is 7.23. The van der Waals surface area contributed by atoms with E-state index in [9.17, 15) is 9.70 Å². The first-order valence-electron chi connectivity index (χ1n) is 2.16. The van der Waals surface area contributed by atoms with Gasteiger partial charge in [-0.1, -0.05) is 0 Å². The number of hydrogen-bond acceptors (Lipinski definition) is 3. The van der Waals surface area contributed by atoms with Crippen LogP contribution in [-0.4, -0.2) is 19.6 Å². The van der Waals surface area contributed by atoms with Crippen LogP contribution in [0.1, 0.15) is 6.42 Å². The Labute approximate surface area is 46.8 Å². The summed E-state index contributed by atoms with van der Waals surface area (Å²) in [5.41, 5.74) is 0. The van der Waals surface area contributed by atoms with Crippen LogP contribution in [-0.2, 0) is 9.53 Å². The maximum Gasteiger partial charge on any atom is 0.288 e. The van der Waals surface area contributed by atoms with E-state index in [-0.39, 0.29) is 13.0 Å². The summed E-state index contributed by atoms with van der Waals surface area (Å²) in [7, 11) is 1.46. The van der Waals surface area contributed by atoms with Crippen molar-refractivity contribution in [3.05, 3.63) is 4.91 Å². The predicted octanol–water partition coefficient (Wildman–Crippen LogP) is 0.316. The second kappa shape index (κ2) is 4.39. The molecule has 4 heteroatoms. The quantitative estimate of drug-likeness (QED) is 0.500. The van der Waals surface area contributed by atoms with Gasteiger partial charge >= 0.3 is 0 Å². The highest BCUT2D eigenvalue weighted by atomic mass is 16.5. The summed E-state index contributed by atoms with van der Waals surface area (Å²) in [6.45, 7) is 0.268. The van der Waals surface area contributed by atoms with Crippen LogP contribution >= 0.6 is 0 Å². The van der Waals surface area contributed by atoms with Gasteiger partial charge < -0.3 is 4.74 Å². The molecule has 4 nitrogen and oxygen atoms in total. The third-order valence-corrected chi connectivity index (χ3v) is 0.622. The van der Waals surface area contributed by atoms with Crippen molar-refractivity contribution >= 4 is 5.91 Å². The van der Waals surface area contributed by atoms with E-state index in [1.807, 2.05) is 0 Å². The number of hydrogen-bond donors (Lipinski definition) is 0. The third kappa shape index (κ3) is 3.42. The van der Waals surface area contributed by atoms with Crippen LogP contribution < -0.4 is 0 Å². The zero-order chi connectivity index (χ0) is 6.41. The minimum absolute atomic E-state index is 0.0833. The van der Waals surface area contributed by atoms with Crippen molar-refractivity contribution in [3.8, 4) is 0 Å². The summed E-state index contributed by atoms with van der Waals surface area (Å²) in [6.07, 6.45) is 0.0833. The van der Waals surface area contributed by atoms with E-state index in [4.69, 9.17) is 0 Å². The van der Waals surface area contributed by atoms with Crippen LogP contribution in [0.25, 0.3) is 0 Å². The maximum absolute atomic E-state index is 10.0. The molecule has 0 fully saturated rings. The van der Waals surface area contributed by atoms with Crippen molar-refractivity contribution in [3.63, 3.8) is 0 Å². The Morgan fingerprint density at radius 3 is 2.75 bits per heavy atom. The first-order chi connectivity index (χ1) is 3.81. The van der Waals surface area contributed by atoms with Crippen molar-refractivity contribution in [1.82, 2.24) is 0 Å². The highest BCUT2D eigenvalue weighted by molar-refractivity contribution is 5.76. The van der Waals surface area contributed by atoms with Crippen molar-refractivity contribution in [2.75, 3.05) is 13.7 Å². The van der Waals surface area contributed by atoms with Gasteiger partial charge in [0.1, 0.15) is 0 Å². The monoisotopic (exact) mass is 117 g/mol. The highest BCUT2D eigenvalue weighted by Crippen LogP contribution is 1.82. The molecule has 8 heavy (non-hydrogen) atoms. The van der Waals surface area contributed by atoms with Crippen LogP contribution in [0, 0.1) is 4.91 Å². The molecule has 0 N–H and O–H groups in total. The van der Waals surface area contributed by atoms with Crippen molar-refractivity contribution < 1.29 is 9.53 Å². The van der Waals surface area contributed by atoms with E-state index >= 15 is 0 Å². The Balaban J connectivity index is 3.11. The number of carbonyl (C=O) groups excluding carboxylic acids is 1. The molecule has 0 aromatic rings. The largest absolute Gasteiger partial charge is 0.384 e. The molecule has 0 unspecified atom stereocenters.